The third-order valence-corrected chi connectivity index (χ3v) is 6.72. The lowest BCUT2D eigenvalue weighted by Crippen LogP contribution is -2.55. The number of carbonyl (C=O) groups is 2. The summed E-state index contributed by atoms with van der Waals surface area (Å²) in [6, 6.07) is 10.7. The molecule has 2 aromatic heterocycles. The lowest BCUT2D eigenvalue weighted by atomic mass is 9.83. The van der Waals surface area contributed by atoms with Crippen LogP contribution in [0.4, 0.5) is 19.4 Å². The Kier molecular flexibility index (Phi) is 8.10. The number of amides is 2. The maximum Gasteiger partial charge on any atom is 0.412 e. The highest BCUT2D eigenvalue weighted by Gasteiger charge is 2.46. The highest BCUT2D eigenvalue weighted by molar-refractivity contribution is 6.00. The van der Waals surface area contributed by atoms with Crippen LogP contribution in [0.2, 0.25) is 0 Å². The van der Waals surface area contributed by atoms with E-state index in [2.05, 4.69) is 25.1 Å². The van der Waals surface area contributed by atoms with E-state index in [0.717, 1.165) is 12.7 Å². The number of carbonyl (C=O) groups excluding carboxylic acids is 2. The number of rotatable bonds is 8. The number of alkyl halides is 1. The Hall–Kier alpha value is -4.19. The van der Waals surface area contributed by atoms with Gasteiger partial charge in [-0.1, -0.05) is 30.3 Å². The number of primary amides is 1. The molecule has 1 aliphatic rings. The topological polar surface area (TPSA) is 128 Å². The minimum absolute atomic E-state index is 0.0248. The van der Waals surface area contributed by atoms with Crippen LogP contribution in [0.3, 0.4) is 0 Å². The van der Waals surface area contributed by atoms with Gasteiger partial charge in [0.25, 0.3) is 5.91 Å². The summed E-state index contributed by atoms with van der Waals surface area (Å²) in [4.78, 5) is 33.9. The van der Waals surface area contributed by atoms with Gasteiger partial charge in [0.1, 0.15) is 23.1 Å². The molecule has 0 saturated carbocycles. The standard InChI is InChI=1S/C26H29F2N7O3/c1-30-10-8-26(35-15-19(23(29)36)24(33-35)32-25(37)38-2)9-11-34(16-22(26)28)14-18-13-31-21(12-20(18)27)17-6-4-3-5-7-17/h3-7,10,12-13,15,22H,8-9,11,14,16H2,1-2H3,(H2,29,36)(H,32,33,37)/b30-10-. The van der Waals surface area contributed by atoms with Crippen LogP contribution in [-0.2, 0) is 16.8 Å². The fourth-order valence-electron chi connectivity index (χ4n) is 4.58. The minimum atomic E-state index is -1.47. The number of aromatic nitrogens is 3. The number of pyridine rings is 1. The molecule has 3 aromatic rings. The molecule has 10 nitrogen and oxygen atoms in total. The number of hydrogen-bond donors (Lipinski definition) is 2. The Bertz CT molecular complexity index is 1330. The second-order valence-corrected chi connectivity index (χ2v) is 9.04. The molecule has 3 N–H and O–H groups in total. The Morgan fingerprint density at radius 2 is 2.11 bits per heavy atom. The zero-order valence-electron chi connectivity index (χ0n) is 21.1. The SMILES string of the molecule is C/N=C\CC1(n2cc(C(N)=O)c(NC(=O)OC)n2)CCN(Cc2cnc(-c3ccccc3)cc2F)CC1F. The highest BCUT2D eigenvalue weighted by Crippen LogP contribution is 2.37. The number of likely N-dealkylation sites (tertiary alicyclic amines) is 1. The van der Waals surface area contributed by atoms with E-state index in [9.17, 15) is 14.0 Å². The van der Waals surface area contributed by atoms with Crippen molar-refractivity contribution in [3.05, 3.63) is 65.7 Å². The molecule has 1 aromatic carbocycles. The van der Waals surface area contributed by atoms with Gasteiger partial charge in [-0.3, -0.25) is 24.7 Å². The maximum atomic E-state index is 16.0. The number of ether oxygens (including phenoxy) is 1. The third kappa shape index (κ3) is 5.54. The number of methoxy groups -OCH3 is 1. The highest BCUT2D eigenvalue weighted by atomic mass is 19.1. The first-order valence-electron chi connectivity index (χ1n) is 12.0. The monoisotopic (exact) mass is 525 g/mol. The molecule has 2 amide bonds. The van der Waals surface area contributed by atoms with Gasteiger partial charge >= 0.3 is 6.09 Å². The summed E-state index contributed by atoms with van der Waals surface area (Å²) >= 11 is 0. The van der Waals surface area contributed by atoms with Crippen molar-refractivity contribution >= 4 is 24.0 Å². The fraction of sp³-hybridized carbons (Fsp3) is 0.346. The van der Waals surface area contributed by atoms with Crippen molar-refractivity contribution in [2.75, 3.05) is 32.6 Å². The average Bonchev–Trinajstić information content (AvgIpc) is 3.34. The summed E-state index contributed by atoms with van der Waals surface area (Å²) in [5.74, 6) is -1.38. The Morgan fingerprint density at radius 1 is 1.34 bits per heavy atom. The number of anilines is 1. The van der Waals surface area contributed by atoms with Gasteiger partial charge in [0.05, 0.1) is 12.8 Å². The Morgan fingerprint density at radius 3 is 2.74 bits per heavy atom. The lowest BCUT2D eigenvalue weighted by molar-refractivity contribution is 0.00886. The number of benzene rings is 1. The molecule has 1 fully saturated rings. The second kappa shape index (κ2) is 11.5. The molecular weight excluding hydrogens is 496 g/mol. The fourth-order valence-corrected chi connectivity index (χ4v) is 4.58. The quantitative estimate of drug-likeness (QED) is 0.434. The first kappa shape index (κ1) is 26.9. The van der Waals surface area contributed by atoms with Crippen molar-refractivity contribution in [3.8, 4) is 11.3 Å². The predicted octanol–water partition coefficient (Wildman–Crippen LogP) is 3.39. The number of nitrogens with zero attached hydrogens (tertiary/aromatic N) is 5. The summed E-state index contributed by atoms with van der Waals surface area (Å²) in [5, 5.41) is 6.64. The van der Waals surface area contributed by atoms with Crippen molar-refractivity contribution in [1.29, 1.82) is 0 Å². The van der Waals surface area contributed by atoms with Crippen molar-refractivity contribution < 1.29 is 23.1 Å². The molecular formula is C26H29F2N7O3. The van der Waals surface area contributed by atoms with Gasteiger partial charge in [-0.15, -0.1) is 0 Å². The Labute approximate surface area is 218 Å². The zero-order chi connectivity index (χ0) is 27.3. The molecule has 0 spiro atoms. The Balaban J connectivity index is 1.56. The van der Waals surface area contributed by atoms with Crippen molar-refractivity contribution in [2.45, 2.75) is 31.1 Å². The second-order valence-electron chi connectivity index (χ2n) is 9.04. The zero-order valence-corrected chi connectivity index (χ0v) is 21.1. The first-order valence-corrected chi connectivity index (χ1v) is 12.0. The van der Waals surface area contributed by atoms with Crippen LogP contribution in [0.5, 0.6) is 0 Å². The van der Waals surface area contributed by atoms with E-state index in [1.54, 1.807) is 18.2 Å². The normalized spacial score (nSPS) is 19.9. The third-order valence-electron chi connectivity index (χ3n) is 6.72. The molecule has 0 bridgehead atoms. The van der Waals surface area contributed by atoms with Crippen LogP contribution in [0.1, 0.15) is 28.8 Å². The largest absolute Gasteiger partial charge is 0.453 e. The molecule has 2 unspecified atom stereocenters. The summed E-state index contributed by atoms with van der Waals surface area (Å²) < 4.78 is 36.9. The van der Waals surface area contributed by atoms with Crippen LogP contribution < -0.4 is 11.1 Å². The van der Waals surface area contributed by atoms with Gasteiger partial charge in [0, 0.05) is 68.9 Å². The van der Waals surface area contributed by atoms with Crippen LogP contribution >= 0.6 is 0 Å². The van der Waals surface area contributed by atoms with Gasteiger partial charge in [0.2, 0.25) is 0 Å². The molecule has 0 radical (unpaired) electrons. The average molecular weight is 526 g/mol. The van der Waals surface area contributed by atoms with Crippen molar-refractivity contribution in [2.24, 2.45) is 10.7 Å². The maximum absolute atomic E-state index is 16.0. The van der Waals surface area contributed by atoms with E-state index in [0.29, 0.717) is 17.8 Å². The van der Waals surface area contributed by atoms with Crippen LogP contribution in [-0.4, -0.2) is 71.3 Å². The van der Waals surface area contributed by atoms with E-state index in [1.807, 2.05) is 30.3 Å². The van der Waals surface area contributed by atoms with Gasteiger partial charge in [0.15, 0.2) is 5.82 Å². The number of hydrogen-bond acceptors (Lipinski definition) is 7. The molecule has 2 atom stereocenters. The molecule has 1 aliphatic heterocycles. The van der Waals surface area contributed by atoms with Crippen LogP contribution in [0, 0.1) is 5.82 Å². The van der Waals surface area contributed by atoms with Gasteiger partial charge < -0.3 is 15.5 Å². The number of piperidine rings is 1. The molecule has 1 saturated heterocycles. The molecule has 200 valence electrons. The summed E-state index contributed by atoms with van der Waals surface area (Å²) in [5.41, 5.74) is 5.87. The number of nitrogens with one attached hydrogen (secondary N) is 1. The molecule has 12 heteroatoms. The van der Waals surface area contributed by atoms with Crippen LogP contribution in [0.25, 0.3) is 11.3 Å². The van der Waals surface area contributed by atoms with E-state index in [-0.39, 0.29) is 37.3 Å². The van der Waals surface area contributed by atoms with E-state index < -0.39 is 29.5 Å². The lowest BCUT2D eigenvalue weighted by Gasteiger charge is -2.44. The van der Waals surface area contributed by atoms with E-state index in [4.69, 9.17) is 5.73 Å². The predicted molar refractivity (Wildman–Crippen MR) is 138 cm³/mol. The molecule has 0 aliphatic carbocycles. The minimum Gasteiger partial charge on any atom is -0.453 e. The first-order chi connectivity index (χ1) is 18.3. The smallest absolute Gasteiger partial charge is 0.412 e. The van der Waals surface area contributed by atoms with Gasteiger partial charge in [-0.2, -0.15) is 5.10 Å². The molecule has 4 rings (SSSR count). The summed E-state index contributed by atoms with van der Waals surface area (Å²) in [6.07, 6.45) is 2.52. The van der Waals surface area contributed by atoms with Crippen LogP contribution in [0.15, 0.2) is 53.8 Å². The van der Waals surface area contributed by atoms with Gasteiger partial charge in [-0.25, -0.2) is 13.6 Å². The van der Waals surface area contributed by atoms with Crippen molar-refractivity contribution in [1.82, 2.24) is 19.7 Å². The number of aliphatic imine (C=N–C) groups is 1. The number of halogens is 2. The van der Waals surface area contributed by atoms with Crippen molar-refractivity contribution in [3.63, 3.8) is 0 Å². The van der Waals surface area contributed by atoms with E-state index >= 15 is 4.39 Å². The summed E-state index contributed by atoms with van der Waals surface area (Å²) in [6.45, 7) is 0.555. The summed E-state index contributed by atoms with van der Waals surface area (Å²) in [7, 11) is 2.74. The molecule has 3 heterocycles. The molecule has 38 heavy (non-hydrogen) atoms. The number of nitrogens with two attached hydrogens (primary N) is 1. The van der Waals surface area contributed by atoms with Gasteiger partial charge in [-0.05, 0) is 6.42 Å². The van der Waals surface area contributed by atoms with E-state index in [1.165, 1.54) is 23.1 Å².